The first-order chi connectivity index (χ1) is 23.5. The standard InChI is InChI=1S/C37H51N5O8/c1-22(2)19-27(30-31(26-17-13-10-14-18-26)42(35(30)47)21-29(43)49-8)40-34(46)28(20-25-15-11-9-12-16-25)41-33(45)23(3)38-32(44)24(4)39-36(48)50-37(5,6)7/h9-18,22-24,27-28,30-31H,19-21H2,1-8H3,(H,38,44)(H,39,48)(H,40,46)(H,41,45)/t23-,24-,27-,28+,30+,31+/m0/s1. The quantitative estimate of drug-likeness (QED) is 0.163. The molecular formula is C37H51N5O8. The van der Waals surface area contributed by atoms with E-state index in [9.17, 15) is 28.8 Å². The van der Waals surface area contributed by atoms with Gasteiger partial charge in [-0.25, -0.2) is 4.79 Å². The summed E-state index contributed by atoms with van der Waals surface area (Å²) in [6, 6.07) is 14.2. The van der Waals surface area contributed by atoms with Gasteiger partial charge in [0, 0.05) is 12.5 Å². The molecule has 4 N–H and O–H groups in total. The van der Waals surface area contributed by atoms with Crippen molar-refractivity contribution in [3.63, 3.8) is 0 Å². The summed E-state index contributed by atoms with van der Waals surface area (Å²) in [6.07, 6.45) is -0.182. The van der Waals surface area contributed by atoms with Crippen LogP contribution >= 0.6 is 0 Å². The maximum atomic E-state index is 14.1. The molecule has 3 rings (SSSR count). The number of carbonyl (C=O) groups is 6. The van der Waals surface area contributed by atoms with Gasteiger partial charge in [0.2, 0.25) is 23.6 Å². The highest BCUT2D eigenvalue weighted by atomic mass is 16.6. The largest absolute Gasteiger partial charge is 0.468 e. The lowest BCUT2D eigenvalue weighted by molar-refractivity contribution is -0.167. The van der Waals surface area contributed by atoms with Gasteiger partial charge in [-0.3, -0.25) is 24.0 Å². The van der Waals surface area contributed by atoms with E-state index in [1.54, 1.807) is 20.8 Å². The van der Waals surface area contributed by atoms with Crippen LogP contribution in [0.1, 0.15) is 72.1 Å². The van der Waals surface area contributed by atoms with Crippen molar-refractivity contribution in [2.75, 3.05) is 13.7 Å². The average molecular weight is 694 g/mol. The molecule has 1 fully saturated rings. The van der Waals surface area contributed by atoms with Crippen LogP contribution in [0.3, 0.4) is 0 Å². The molecule has 272 valence electrons. The summed E-state index contributed by atoms with van der Waals surface area (Å²) in [5, 5.41) is 10.9. The van der Waals surface area contributed by atoms with Crippen molar-refractivity contribution in [3.8, 4) is 0 Å². The predicted octanol–water partition coefficient (Wildman–Crippen LogP) is 3.04. The number of rotatable bonds is 15. The van der Waals surface area contributed by atoms with Crippen LogP contribution in [0.15, 0.2) is 60.7 Å². The molecule has 13 nitrogen and oxygen atoms in total. The number of likely N-dealkylation sites (tertiary alicyclic amines) is 1. The molecule has 0 aromatic heterocycles. The second kappa shape index (κ2) is 17.6. The van der Waals surface area contributed by atoms with Gasteiger partial charge >= 0.3 is 12.1 Å². The molecule has 5 amide bonds. The predicted molar refractivity (Wildman–Crippen MR) is 186 cm³/mol. The number of hydrogen-bond donors (Lipinski definition) is 4. The Bertz CT molecular complexity index is 1490. The molecule has 1 aliphatic heterocycles. The summed E-state index contributed by atoms with van der Waals surface area (Å²) >= 11 is 0. The van der Waals surface area contributed by atoms with Crippen LogP contribution in [-0.4, -0.2) is 84.0 Å². The fraction of sp³-hybridized carbons (Fsp3) is 0.514. The van der Waals surface area contributed by atoms with Crippen LogP contribution in [0.2, 0.25) is 0 Å². The molecular weight excluding hydrogens is 642 g/mol. The van der Waals surface area contributed by atoms with Crippen LogP contribution in [0, 0.1) is 11.8 Å². The molecule has 2 aromatic rings. The molecule has 0 aliphatic carbocycles. The molecule has 0 unspecified atom stereocenters. The normalized spacial score (nSPS) is 18.1. The number of hydrogen-bond acceptors (Lipinski definition) is 8. The van der Waals surface area contributed by atoms with Gasteiger partial charge in [-0.1, -0.05) is 74.5 Å². The number of benzene rings is 2. The third-order valence-electron chi connectivity index (χ3n) is 8.19. The van der Waals surface area contributed by atoms with Gasteiger partial charge in [-0.05, 0) is 58.1 Å². The minimum absolute atomic E-state index is 0.0906. The van der Waals surface area contributed by atoms with Crippen LogP contribution in [0.25, 0.3) is 0 Å². The lowest BCUT2D eigenvalue weighted by atomic mass is 9.75. The number of methoxy groups -OCH3 is 1. The first-order valence-electron chi connectivity index (χ1n) is 16.9. The maximum absolute atomic E-state index is 14.1. The zero-order chi connectivity index (χ0) is 37.2. The average Bonchev–Trinajstić information content (AvgIpc) is 3.04. The summed E-state index contributed by atoms with van der Waals surface area (Å²) in [4.78, 5) is 79.8. The van der Waals surface area contributed by atoms with Crippen LogP contribution in [0.5, 0.6) is 0 Å². The molecule has 50 heavy (non-hydrogen) atoms. The van der Waals surface area contributed by atoms with E-state index < -0.39 is 71.5 Å². The Morgan fingerprint density at radius 2 is 1.34 bits per heavy atom. The Morgan fingerprint density at radius 1 is 0.780 bits per heavy atom. The van der Waals surface area contributed by atoms with Gasteiger partial charge in [0.1, 0.15) is 30.3 Å². The number of ether oxygens (including phenoxy) is 2. The Labute approximate surface area is 294 Å². The van der Waals surface area contributed by atoms with E-state index in [2.05, 4.69) is 21.3 Å². The zero-order valence-corrected chi connectivity index (χ0v) is 30.1. The smallest absolute Gasteiger partial charge is 0.408 e. The van der Waals surface area contributed by atoms with Gasteiger partial charge in [0.15, 0.2) is 0 Å². The summed E-state index contributed by atoms with van der Waals surface area (Å²) in [7, 11) is 1.26. The van der Waals surface area contributed by atoms with Gasteiger partial charge in [0.25, 0.3) is 0 Å². The van der Waals surface area contributed by atoms with Crippen molar-refractivity contribution in [1.29, 1.82) is 0 Å². The lowest BCUT2D eigenvalue weighted by Crippen LogP contribution is -2.65. The van der Waals surface area contributed by atoms with Gasteiger partial charge in [0.05, 0.1) is 19.1 Å². The fourth-order valence-electron chi connectivity index (χ4n) is 5.78. The van der Waals surface area contributed by atoms with E-state index in [0.717, 1.165) is 11.1 Å². The number of β-lactam (4-membered cyclic amide) rings is 1. The fourth-order valence-corrected chi connectivity index (χ4v) is 5.78. The number of amides is 5. The summed E-state index contributed by atoms with van der Waals surface area (Å²) < 4.78 is 10.0. The Kier molecular flexibility index (Phi) is 13.9. The summed E-state index contributed by atoms with van der Waals surface area (Å²) in [5.41, 5.74) is 0.844. The maximum Gasteiger partial charge on any atom is 0.408 e. The minimum Gasteiger partial charge on any atom is -0.468 e. The highest BCUT2D eigenvalue weighted by Gasteiger charge is 2.53. The second-order valence-corrected chi connectivity index (χ2v) is 14.0. The zero-order valence-electron chi connectivity index (χ0n) is 30.1. The molecule has 2 aromatic carbocycles. The van der Waals surface area contributed by atoms with Crippen molar-refractivity contribution >= 4 is 35.7 Å². The van der Waals surface area contributed by atoms with Crippen LogP contribution in [0.4, 0.5) is 4.79 Å². The van der Waals surface area contributed by atoms with Gasteiger partial charge < -0.3 is 35.6 Å². The molecule has 6 atom stereocenters. The van der Waals surface area contributed by atoms with E-state index in [0.29, 0.717) is 6.42 Å². The Hall–Kier alpha value is -4.94. The van der Waals surface area contributed by atoms with Crippen molar-refractivity contribution in [2.45, 2.75) is 97.1 Å². The summed E-state index contributed by atoms with van der Waals surface area (Å²) in [6.45, 7) is 11.8. The molecule has 13 heteroatoms. The molecule has 0 spiro atoms. The minimum atomic E-state index is -1.06. The lowest BCUT2D eigenvalue weighted by Gasteiger charge is -2.50. The van der Waals surface area contributed by atoms with Crippen molar-refractivity contribution in [3.05, 3.63) is 71.8 Å². The van der Waals surface area contributed by atoms with E-state index in [-0.39, 0.29) is 24.8 Å². The number of alkyl carbamates (subject to hydrolysis) is 1. The van der Waals surface area contributed by atoms with E-state index >= 15 is 0 Å². The van der Waals surface area contributed by atoms with Crippen LogP contribution < -0.4 is 21.3 Å². The molecule has 1 aliphatic rings. The van der Waals surface area contributed by atoms with Crippen molar-refractivity contribution < 1.29 is 38.2 Å². The Balaban J connectivity index is 1.81. The number of esters is 1. The first-order valence-corrected chi connectivity index (χ1v) is 16.9. The van der Waals surface area contributed by atoms with Crippen LogP contribution in [-0.2, 0) is 39.9 Å². The van der Waals surface area contributed by atoms with E-state index in [4.69, 9.17) is 9.47 Å². The van der Waals surface area contributed by atoms with E-state index in [1.807, 2.05) is 74.5 Å². The third kappa shape index (κ3) is 11.3. The third-order valence-corrected chi connectivity index (χ3v) is 8.19. The number of carbonyl (C=O) groups excluding carboxylic acids is 6. The SMILES string of the molecule is COC(=O)CN1C(=O)[C@H]([C@H](CC(C)C)NC(=O)[C@@H](Cc2ccccc2)NC(=O)[C@H](C)NC(=O)[C@H](C)NC(=O)OC(C)(C)C)[C@H]1c1ccccc1. The summed E-state index contributed by atoms with van der Waals surface area (Å²) in [5.74, 6) is -3.16. The monoisotopic (exact) mass is 693 g/mol. The van der Waals surface area contributed by atoms with Gasteiger partial charge in [-0.2, -0.15) is 0 Å². The topological polar surface area (TPSA) is 172 Å². The molecule has 1 saturated heterocycles. The molecule has 0 radical (unpaired) electrons. The Morgan fingerprint density at radius 3 is 1.90 bits per heavy atom. The molecule has 0 bridgehead atoms. The van der Waals surface area contributed by atoms with E-state index in [1.165, 1.54) is 25.9 Å². The number of nitrogens with one attached hydrogen (secondary N) is 4. The highest BCUT2D eigenvalue weighted by Crippen LogP contribution is 2.43. The first kappa shape index (κ1) is 39.5. The number of nitrogens with zero attached hydrogens (tertiary/aromatic N) is 1. The second-order valence-electron chi connectivity index (χ2n) is 14.0. The van der Waals surface area contributed by atoms with Gasteiger partial charge in [-0.15, -0.1) is 0 Å². The van der Waals surface area contributed by atoms with Crippen molar-refractivity contribution in [2.24, 2.45) is 11.8 Å². The van der Waals surface area contributed by atoms with Crippen molar-refractivity contribution in [1.82, 2.24) is 26.2 Å². The highest BCUT2D eigenvalue weighted by molar-refractivity contribution is 5.95. The molecule has 1 heterocycles. The molecule has 0 saturated carbocycles.